The molecule has 0 unspecified atom stereocenters. The molecule has 0 aliphatic carbocycles. The van der Waals surface area contributed by atoms with Gasteiger partial charge in [0.2, 0.25) is 5.75 Å². The third-order valence-electron chi connectivity index (χ3n) is 1.31. The van der Waals surface area contributed by atoms with Crippen LogP contribution in [0.2, 0.25) is 0 Å². The molecule has 0 saturated carbocycles. The second-order valence-electron chi connectivity index (χ2n) is 2.02. The van der Waals surface area contributed by atoms with Crippen molar-refractivity contribution in [3.63, 3.8) is 0 Å². The maximum atomic E-state index is 8.68. The van der Waals surface area contributed by atoms with E-state index in [1.165, 1.54) is 6.26 Å². The Hall–Kier alpha value is -1.07. The Bertz CT molecular complexity index is 275. The van der Waals surface area contributed by atoms with Gasteiger partial charge in [0.25, 0.3) is 0 Å². The molecule has 2 radical (unpaired) electrons. The average Bonchev–Trinajstić information content (AvgIpc) is 2.50. The van der Waals surface area contributed by atoms with Crippen LogP contribution in [-0.2, 0) is 6.61 Å². The molecule has 1 aliphatic rings. The predicted octanol–water partition coefficient (Wildman–Crippen LogP) is 0.358. The smallest absolute Gasteiger partial charge is 0.504 e. The molecule has 2 rings (SSSR count). The van der Waals surface area contributed by atoms with Crippen LogP contribution in [0.5, 0.6) is 11.5 Å². The van der Waals surface area contributed by atoms with E-state index in [1.807, 2.05) is 0 Å². The maximum Gasteiger partial charge on any atom is 0.610 e. The van der Waals surface area contributed by atoms with Gasteiger partial charge in [-0.25, -0.2) is 4.42 Å². The monoisotopic (exact) mass is 169 g/mol. The molecule has 11 heavy (non-hydrogen) atoms. The van der Waals surface area contributed by atoms with Crippen LogP contribution in [0, 0.1) is 0 Å². The number of hydrogen-bond acceptors (Lipinski definition) is 3. The molecule has 1 N–H and O–H groups in total. The van der Waals surface area contributed by atoms with Gasteiger partial charge >= 0.3 is 22.0 Å². The van der Waals surface area contributed by atoms with Crippen LogP contribution in [0.1, 0.15) is 5.76 Å². The molecule has 0 amide bonds. The van der Waals surface area contributed by atoms with Crippen molar-refractivity contribution < 1.29 is 18.4 Å². The van der Waals surface area contributed by atoms with Crippen molar-refractivity contribution in [2.24, 2.45) is 0 Å². The third-order valence-corrected chi connectivity index (χ3v) is 1.92. The first kappa shape index (κ1) is 6.63. The largest absolute Gasteiger partial charge is 0.610 e. The van der Waals surface area contributed by atoms with E-state index < -0.39 is 0 Å². The van der Waals surface area contributed by atoms with Gasteiger partial charge in [-0.1, -0.05) is 0 Å². The van der Waals surface area contributed by atoms with Gasteiger partial charge in [0.05, 0.1) is 6.07 Å². The molecule has 1 aliphatic heterocycles. The summed E-state index contributed by atoms with van der Waals surface area (Å²) in [6.07, 6.45) is 1.43. The van der Waals surface area contributed by atoms with Crippen LogP contribution in [-0.4, -0.2) is 15.1 Å². The molecule has 56 valence electrons. The molecule has 0 atom stereocenters. The number of fused-ring (bicyclic) bond motifs is 1. The van der Waals surface area contributed by atoms with E-state index in [0.717, 1.165) is 0 Å². The van der Waals surface area contributed by atoms with Crippen molar-refractivity contribution >= 4 is 10.0 Å². The molecule has 2 heterocycles. The minimum Gasteiger partial charge on any atom is -0.504 e. The molecular weight excluding hydrogens is 164 g/mol. The normalized spacial score (nSPS) is 13.5. The topological polar surface area (TPSA) is 50.0 Å². The zero-order valence-corrected chi connectivity index (χ0v) is 6.53. The molecule has 0 aromatic carbocycles. The van der Waals surface area contributed by atoms with Gasteiger partial charge in [-0.15, -0.1) is 0 Å². The lowest BCUT2D eigenvalue weighted by Crippen LogP contribution is -1.99. The number of aliphatic hydroxyl groups excluding tert-OH is 1. The lowest BCUT2D eigenvalue weighted by Gasteiger charge is -1.88. The van der Waals surface area contributed by atoms with Crippen LogP contribution in [0.25, 0.3) is 0 Å². The van der Waals surface area contributed by atoms with E-state index in [4.69, 9.17) is 18.4 Å². The van der Waals surface area contributed by atoms with Gasteiger partial charge in [-0.3, -0.25) is 0 Å². The molecule has 1 aromatic rings. The molecule has 1 aromatic heterocycles. The highest BCUT2D eigenvalue weighted by Gasteiger charge is 2.23. The fraction of sp³-hybridized carbons (Fsp3) is 0.167. The third kappa shape index (κ3) is 1.08. The Morgan fingerprint density at radius 1 is 1.45 bits per heavy atom. The summed E-state index contributed by atoms with van der Waals surface area (Å²) in [5.41, 5.74) is 0. The Morgan fingerprint density at radius 3 is 3.09 bits per heavy atom. The Balaban J connectivity index is 2.41. The van der Waals surface area contributed by atoms with Crippen molar-refractivity contribution in [3.05, 3.63) is 18.1 Å². The lowest BCUT2D eigenvalue weighted by molar-refractivity contribution is 0.242. The summed E-state index contributed by atoms with van der Waals surface area (Å²) in [6, 6.07) is 1.62. The second-order valence-corrected chi connectivity index (χ2v) is 2.60. The fourth-order valence-electron chi connectivity index (χ4n) is 0.786. The van der Waals surface area contributed by atoms with E-state index in [-0.39, 0.29) is 16.6 Å². The fourth-order valence-corrected chi connectivity index (χ4v) is 1.32. The summed E-state index contributed by atoms with van der Waals surface area (Å²) in [5.74, 6) is 1.71. The van der Waals surface area contributed by atoms with Crippen LogP contribution in [0.3, 0.4) is 0 Å². The minimum absolute atomic E-state index is 0.00247. The van der Waals surface area contributed by atoms with Crippen molar-refractivity contribution in [1.82, 2.24) is 0 Å². The number of rotatable bonds is 1. The van der Waals surface area contributed by atoms with Gasteiger partial charge in [-0.2, -0.15) is 0 Å². The lowest BCUT2D eigenvalue weighted by atomic mass is 10.4. The summed E-state index contributed by atoms with van der Waals surface area (Å²) in [6.45, 7) is -0.125. The van der Waals surface area contributed by atoms with Crippen molar-refractivity contribution in [2.45, 2.75) is 6.61 Å². The van der Waals surface area contributed by atoms with Gasteiger partial charge in [0.15, 0.2) is 12.4 Å². The Kier molecular flexibility index (Phi) is 1.52. The number of aliphatic hydroxyl groups is 1. The zero-order valence-electron chi connectivity index (χ0n) is 5.53. The minimum atomic E-state index is -0.125. The number of hydrogen-bond donors (Lipinski definition) is 1. The highest BCUT2D eigenvalue weighted by Crippen LogP contribution is 2.31. The van der Waals surface area contributed by atoms with Crippen LogP contribution in [0.15, 0.2) is 16.7 Å². The first-order valence-corrected chi connectivity index (χ1v) is 3.86. The first-order valence-electron chi connectivity index (χ1n) is 3.04. The molecular formula is C6H5O4Si+. The van der Waals surface area contributed by atoms with Crippen molar-refractivity contribution in [2.75, 3.05) is 0 Å². The molecule has 4 nitrogen and oxygen atoms in total. The standard InChI is InChI=1S/C6H5O4Si/c7-2-4-1-5-6(3-8-4)10-11-9-5/h1,3,7H,2H2/q+1. The molecule has 5 heteroatoms. The SMILES string of the molecule is OCc1cc2c(c[o+]1)O[Si]O2. The quantitative estimate of drug-likeness (QED) is 0.487. The summed E-state index contributed by atoms with van der Waals surface area (Å²) in [4.78, 5) is 0. The highest BCUT2D eigenvalue weighted by molar-refractivity contribution is 6.22. The molecule has 0 fully saturated rings. The zero-order chi connectivity index (χ0) is 7.68. The van der Waals surface area contributed by atoms with Crippen LogP contribution in [0.4, 0.5) is 0 Å². The van der Waals surface area contributed by atoms with Crippen molar-refractivity contribution in [1.29, 1.82) is 0 Å². The summed E-state index contributed by atoms with van der Waals surface area (Å²) < 4.78 is 15.1. The average molecular weight is 169 g/mol. The van der Waals surface area contributed by atoms with E-state index in [1.54, 1.807) is 6.07 Å². The van der Waals surface area contributed by atoms with E-state index in [9.17, 15) is 0 Å². The maximum absolute atomic E-state index is 8.68. The first-order chi connectivity index (χ1) is 5.40. The van der Waals surface area contributed by atoms with Crippen molar-refractivity contribution in [3.8, 4) is 11.5 Å². The molecule has 0 spiro atoms. The predicted molar refractivity (Wildman–Crippen MR) is 36.0 cm³/mol. The molecule has 0 bridgehead atoms. The Labute approximate surface area is 65.4 Å². The van der Waals surface area contributed by atoms with Crippen LogP contribution < -0.4 is 8.85 Å². The van der Waals surface area contributed by atoms with Gasteiger partial charge in [-0.05, 0) is 0 Å². The van der Waals surface area contributed by atoms with E-state index >= 15 is 0 Å². The van der Waals surface area contributed by atoms with Crippen LogP contribution >= 0.6 is 0 Å². The second kappa shape index (κ2) is 2.52. The summed E-state index contributed by atoms with van der Waals surface area (Å²) in [7, 11) is 0.00247. The van der Waals surface area contributed by atoms with Gasteiger partial charge in [0.1, 0.15) is 0 Å². The summed E-state index contributed by atoms with van der Waals surface area (Å²) in [5, 5.41) is 8.68. The summed E-state index contributed by atoms with van der Waals surface area (Å²) >= 11 is 0. The van der Waals surface area contributed by atoms with E-state index in [0.29, 0.717) is 17.3 Å². The highest BCUT2D eigenvalue weighted by atomic mass is 28.3. The van der Waals surface area contributed by atoms with E-state index in [2.05, 4.69) is 0 Å². The molecule has 0 saturated heterocycles. The van der Waals surface area contributed by atoms with Gasteiger partial charge < -0.3 is 14.0 Å². The Morgan fingerprint density at radius 2 is 2.27 bits per heavy atom. The van der Waals surface area contributed by atoms with Gasteiger partial charge in [0, 0.05) is 0 Å².